The number of anilines is 1. The number of pyridine rings is 1. The van der Waals surface area contributed by atoms with Crippen molar-refractivity contribution in [3.8, 4) is 17.0 Å². The Bertz CT molecular complexity index is 2040. The molecule has 8 nitrogen and oxygen atoms in total. The highest BCUT2D eigenvalue weighted by Gasteiger charge is 2.48. The quantitative estimate of drug-likeness (QED) is 0.0883. The molecule has 3 unspecified atom stereocenters. The molecular formula is C40H33ClN2O6. The van der Waals surface area contributed by atoms with Crippen LogP contribution in [0.25, 0.3) is 22.2 Å². The molecule has 2 heterocycles. The lowest BCUT2D eigenvalue weighted by Gasteiger charge is -2.19. The number of hydrogen-bond donors (Lipinski definition) is 0. The van der Waals surface area contributed by atoms with Crippen LogP contribution in [0.4, 0.5) is 5.69 Å². The van der Waals surface area contributed by atoms with E-state index in [-0.39, 0.29) is 35.0 Å². The molecule has 1 saturated carbocycles. The molecule has 1 saturated heterocycles. The van der Waals surface area contributed by atoms with Gasteiger partial charge in [0, 0.05) is 16.5 Å². The molecule has 246 valence electrons. The second-order valence-corrected chi connectivity index (χ2v) is 12.9. The maximum atomic E-state index is 13.7. The molecule has 2 fully saturated rings. The summed E-state index contributed by atoms with van der Waals surface area (Å²) in [6.45, 7) is 1.93. The van der Waals surface area contributed by atoms with Crippen molar-refractivity contribution < 1.29 is 28.7 Å². The molecule has 3 atom stereocenters. The number of ketones is 1. The van der Waals surface area contributed by atoms with Gasteiger partial charge in [0.2, 0.25) is 17.6 Å². The molecule has 0 spiro atoms. The minimum atomic E-state index is -1.08. The number of halogens is 1. The second kappa shape index (κ2) is 13.6. The van der Waals surface area contributed by atoms with Crippen LogP contribution in [0.3, 0.4) is 0 Å². The Kier molecular flexibility index (Phi) is 8.97. The average molecular weight is 673 g/mol. The van der Waals surface area contributed by atoms with Gasteiger partial charge in [0.1, 0.15) is 12.4 Å². The maximum absolute atomic E-state index is 13.7. The van der Waals surface area contributed by atoms with E-state index in [1.54, 1.807) is 72.8 Å². The normalized spacial score (nSPS) is 17.9. The monoisotopic (exact) mass is 672 g/mol. The Labute approximate surface area is 288 Å². The molecule has 2 amide bonds. The standard InChI is InChI=1S/C40H33ClN2O6/c1-24(37(44)27-16-20-29(21-17-27)48-23-25-8-3-2-4-9-25)49-40(47)33-22-35(42-36-30(33)12-7-13-34(36)41)26-14-18-28(19-15-26)43-38(45)31-10-5-6-11-32(31)39(43)46/h2-4,7-9,12-22,24,31-32H,5-6,10-11,23H2,1H3. The van der Waals surface area contributed by atoms with E-state index in [1.807, 2.05) is 30.3 Å². The SMILES string of the molecule is CC(OC(=O)c1cc(-c2ccc(N3C(=O)C4CCCCC4C3=O)cc2)nc2c(Cl)cccc12)C(=O)c1ccc(OCc2ccccc2)cc1. The third kappa shape index (κ3) is 6.44. The Morgan fingerprint density at radius 1 is 0.857 bits per heavy atom. The van der Waals surface area contributed by atoms with Crippen LogP contribution in [0.1, 0.15) is 58.9 Å². The van der Waals surface area contributed by atoms with Gasteiger partial charge in [-0.25, -0.2) is 9.78 Å². The fraction of sp³-hybridized carbons (Fsp3) is 0.225. The Morgan fingerprint density at radius 3 is 2.20 bits per heavy atom. The molecule has 4 aromatic carbocycles. The summed E-state index contributed by atoms with van der Waals surface area (Å²) in [6, 6.07) is 30.2. The van der Waals surface area contributed by atoms with Crippen molar-refractivity contribution >= 4 is 51.8 Å². The highest BCUT2D eigenvalue weighted by atomic mass is 35.5. The summed E-state index contributed by atoms with van der Waals surface area (Å²) in [4.78, 5) is 59.2. The van der Waals surface area contributed by atoms with E-state index in [1.165, 1.54) is 11.8 Å². The Hall–Kier alpha value is -5.34. The van der Waals surface area contributed by atoms with E-state index in [2.05, 4.69) is 0 Å². The summed E-state index contributed by atoms with van der Waals surface area (Å²) < 4.78 is 11.5. The number of nitrogens with zero attached hydrogens (tertiary/aromatic N) is 2. The average Bonchev–Trinajstić information content (AvgIpc) is 3.39. The Balaban J connectivity index is 1.09. The Morgan fingerprint density at radius 2 is 1.53 bits per heavy atom. The topological polar surface area (TPSA) is 103 Å². The molecule has 7 rings (SSSR count). The number of para-hydroxylation sites is 1. The van der Waals surface area contributed by atoms with Crippen molar-refractivity contribution in [1.82, 2.24) is 4.98 Å². The van der Waals surface area contributed by atoms with Gasteiger partial charge in [0.25, 0.3) is 0 Å². The van der Waals surface area contributed by atoms with Crippen molar-refractivity contribution in [2.75, 3.05) is 4.90 Å². The zero-order valence-corrected chi connectivity index (χ0v) is 27.6. The summed E-state index contributed by atoms with van der Waals surface area (Å²) in [7, 11) is 0. The van der Waals surface area contributed by atoms with Crippen LogP contribution in [-0.4, -0.2) is 34.7 Å². The lowest BCUT2D eigenvalue weighted by atomic mass is 9.81. The fourth-order valence-electron chi connectivity index (χ4n) is 6.70. The molecule has 1 aliphatic heterocycles. The molecule has 0 bridgehead atoms. The third-order valence-corrected chi connectivity index (χ3v) is 9.62. The molecule has 5 aromatic rings. The molecule has 49 heavy (non-hydrogen) atoms. The summed E-state index contributed by atoms with van der Waals surface area (Å²) >= 11 is 6.54. The molecule has 0 N–H and O–H groups in total. The number of fused-ring (bicyclic) bond motifs is 2. The summed E-state index contributed by atoms with van der Waals surface area (Å²) in [5, 5.41) is 0.827. The molecule has 2 aliphatic rings. The molecular weight excluding hydrogens is 640 g/mol. The van der Waals surface area contributed by atoms with E-state index in [4.69, 9.17) is 26.1 Å². The number of carbonyl (C=O) groups is 4. The number of benzene rings is 4. The van der Waals surface area contributed by atoms with E-state index >= 15 is 0 Å². The van der Waals surface area contributed by atoms with E-state index in [0.717, 1.165) is 31.2 Å². The summed E-state index contributed by atoms with van der Waals surface area (Å²) in [5.74, 6) is -1.22. The zero-order chi connectivity index (χ0) is 34.1. The third-order valence-electron chi connectivity index (χ3n) is 9.31. The van der Waals surface area contributed by atoms with Gasteiger partial charge in [-0.3, -0.25) is 19.3 Å². The first-order chi connectivity index (χ1) is 23.8. The first-order valence-corrected chi connectivity index (χ1v) is 16.8. The van der Waals surface area contributed by atoms with Gasteiger partial charge in [0.15, 0.2) is 6.10 Å². The molecule has 1 aliphatic carbocycles. The van der Waals surface area contributed by atoms with Crippen LogP contribution < -0.4 is 9.64 Å². The molecule has 1 aromatic heterocycles. The largest absolute Gasteiger partial charge is 0.489 e. The van der Waals surface area contributed by atoms with E-state index in [0.29, 0.717) is 50.8 Å². The van der Waals surface area contributed by atoms with Gasteiger partial charge in [-0.1, -0.05) is 79.0 Å². The highest BCUT2D eigenvalue weighted by molar-refractivity contribution is 6.35. The van der Waals surface area contributed by atoms with Crippen molar-refractivity contribution in [3.05, 3.63) is 125 Å². The van der Waals surface area contributed by atoms with Crippen molar-refractivity contribution in [2.45, 2.75) is 45.3 Å². The van der Waals surface area contributed by atoms with Gasteiger partial charge in [-0.2, -0.15) is 0 Å². The number of amides is 2. The number of imide groups is 1. The summed E-state index contributed by atoms with van der Waals surface area (Å²) in [6.07, 6.45) is 2.32. The smallest absolute Gasteiger partial charge is 0.339 e. The van der Waals surface area contributed by atoms with Crippen LogP contribution in [0, 0.1) is 11.8 Å². The minimum Gasteiger partial charge on any atom is -0.489 e. The predicted molar refractivity (Wildman–Crippen MR) is 187 cm³/mol. The number of ether oxygens (including phenoxy) is 2. The van der Waals surface area contributed by atoms with E-state index < -0.39 is 12.1 Å². The second-order valence-electron chi connectivity index (χ2n) is 12.5. The minimum absolute atomic E-state index is 0.140. The van der Waals surface area contributed by atoms with E-state index in [9.17, 15) is 19.2 Å². The molecule has 0 radical (unpaired) electrons. The van der Waals surface area contributed by atoms with Crippen molar-refractivity contribution in [3.63, 3.8) is 0 Å². The predicted octanol–water partition coefficient (Wildman–Crippen LogP) is 8.24. The van der Waals surface area contributed by atoms with Gasteiger partial charge >= 0.3 is 5.97 Å². The number of esters is 1. The first-order valence-electron chi connectivity index (χ1n) is 16.4. The number of rotatable bonds is 9. The van der Waals surface area contributed by atoms with Gasteiger partial charge in [0.05, 0.1) is 39.3 Å². The first kappa shape index (κ1) is 32.2. The number of aromatic nitrogens is 1. The summed E-state index contributed by atoms with van der Waals surface area (Å²) in [5.41, 5.74) is 3.61. The fourth-order valence-corrected chi connectivity index (χ4v) is 6.91. The van der Waals surface area contributed by atoms with Crippen LogP contribution in [0.5, 0.6) is 5.75 Å². The van der Waals surface area contributed by atoms with Crippen LogP contribution in [0.15, 0.2) is 103 Å². The number of carbonyl (C=O) groups excluding carboxylic acids is 4. The number of Topliss-reactive ketones (excluding diaryl/α,β-unsaturated/α-hetero) is 1. The molecule has 9 heteroatoms. The van der Waals surface area contributed by atoms with Crippen molar-refractivity contribution in [1.29, 1.82) is 0 Å². The van der Waals surface area contributed by atoms with Gasteiger partial charge < -0.3 is 9.47 Å². The maximum Gasteiger partial charge on any atom is 0.339 e. The zero-order valence-electron chi connectivity index (χ0n) is 26.8. The van der Waals surface area contributed by atoms with Crippen LogP contribution in [0.2, 0.25) is 5.02 Å². The van der Waals surface area contributed by atoms with Crippen LogP contribution >= 0.6 is 11.6 Å². The number of hydrogen-bond acceptors (Lipinski definition) is 7. The van der Waals surface area contributed by atoms with Gasteiger partial charge in [-0.05, 0) is 73.9 Å². The highest BCUT2D eigenvalue weighted by Crippen LogP contribution is 2.40. The lowest BCUT2D eigenvalue weighted by molar-refractivity contribution is -0.122. The van der Waals surface area contributed by atoms with Crippen LogP contribution in [-0.2, 0) is 20.9 Å². The lowest BCUT2D eigenvalue weighted by Crippen LogP contribution is -2.30. The van der Waals surface area contributed by atoms with Gasteiger partial charge in [-0.15, -0.1) is 0 Å². The van der Waals surface area contributed by atoms with Crippen molar-refractivity contribution in [2.24, 2.45) is 11.8 Å².